The van der Waals surface area contributed by atoms with Gasteiger partial charge in [-0.15, -0.1) is 0 Å². The van der Waals surface area contributed by atoms with Crippen molar-refractivity contribution in [3.05, 3.63) is 41.7 Å². The first kappa shape index (κ1) is 19.8. The zero-order chi connectivity index (χ0) is 21.4. The normalized spacial score (nSPS) is 41.1. The Morgan fingerprint density at radius 1 is 1.00 bits per heavy atom. The molecule has 0 bridgehead atoms. The number of aliphatic hydroxyl groups excluding tert-OH is 1. The Hall–Kier alpha value is -1.81. The molecule has 31 heavy (non-hydrogen) atoms. The molecule has 1 heterocycles. The molecule has 4 aliphatic rings. The number of aliphatic hydroxyl groups is 1. The number of hydrogen-bond acceptors (Lipinski definition) is 3. The molecule has 0 aliphatic heterocycles. The van der Waals surface area contributed by atoms with Gasteiger partial charge in [0.15, 0.2) is 0 Å². The second-order valence-electron chi connectivity index (χ2n) is 11.4. The van der Waals surface area contributed by atoms with E-state index in [1.165, 1.54) is 43.4 Å². The highest BCUT2D eigenvalue weighted by molar-refractivity contribution is 5.39. The molecule has 2 aromatic rings. The lowest BCUT2D eigenvalue weighted by atomic mass is 9.45. The second-order valence-corrected chi connectivity index (χ2v) is 11.4. The van der Waals surface area contributed by atoms with Crippen LogP contribution in [0.15, 0.2) is 30.5 Å². The van der Waals surface area contributed by atoms with E-state index in [2.05, 4.69) is 36.9 Å². The summed E-state index contributed by atoms with van der Waals surface area (Å²) in [6.45, 7) is 4.98. The quantitative estimate of drug-likeness (QED) is 0.726. The molecule has 7 atom stereocenters. The van der Waals surface area contributed by atoms with Crippen molar-refractivity contribution in [1.82, 2.24) is 9.78 Å². The Morgan fingerprint density at radius 3 is 2.55 bits per heavy atom. The number of hydrogen-bond donors (Lipinski definition) is 1. The molecule has 1 aromatic heterocycles. The van der Waals surface area contributed by atoms with Crippen LogP contribution in [0.1, 0.15) is 63.6 Å². The fourth-order valence-corrected chi connectivity index (χ4v) is 8.39. The first-order chi connectivity index (χ1) is 14.9. The highest BCUT2D eigenvalue weighted by Gasteiger charge is 2.60. The van der Waals surface area contributed by atoms with Crippen molar-refractivity contribution in [2.75, 3.05) is 7.11 Å². The average molecular weight is 421 g/mol. The van der Waals surface area contributed by atoms with Crippen LogP contribution < -0.4 is 4.74 Å². The Bertz CT molecular complexity index is 982. The largest absolute Gasteiger partial charge is 0.497 e. The van der Waals surface area contributed by atoms with Gasteiger partial charge in [-0.2, -0.15) is 5.10 Å². The van der Waals surface area contributed by atoms with E-state index >= 15 is 0 Å². The third kappa shape index (κ3) is 2.79. The third-order valence-electron chi connectivity index (χ3n) is 10.2. The van der Waals surface area contributed by atoms with Gasteiger partial charge in [0.2, 0.25) is 0 Å². The maximum atomic E-state index is 10.7. The van der Waals surface area contributed by atoms with Crippen molar-refractivity contribution in [1.29, 1.82) is 0 Å². The maximum Gasteiger partial charge on any atom is 0.119 e. The monoisotopic (exact) mass is 420 g/mol. The molecule has 3 fully saturated rings. The van der Waals surface area contributed by atoms with Gasteiger partial charge < -0.3 is 9.84 Å². The van der Waals surface area contributed by atoms with E-state index in [9.17, 15) is 5.11 Å². The first-order valence-corrected chi connectivity index (χ1v) is 12.3. The van der Waals surface area contributed by atoms with Crippen LogP contribution in [0, 0.1) is 34.5 Å². The third-order valence-corrected chi connectivity index (χ3v) is 10.2. The zero-order valence-corrected chi connectivity index (χ0v) is 19.2. The summed E-state index contributed by atoms with van der Waals surface area (Å²) in [4.78, 5) is 0. The van der Waals surface area contributed by atoms with Crippen LogP contribution in [0.4, 0.5) is 0 Å². The topological polar surface area (TPSA) is 47.3 Å². The lowest BCUT2D eigenvalue weighted by molar-refractivity contribution is -0.111. The Balaban J connectivity index is 1.30. The molecule has 1 N–H and O–H groups in total. The molecule has 0 amide bonds. The first-order valence-electron chi connectivity index (χ1n) is 12.3. The summed E-state index contributed by atoms with van der Waals surface area (Å²) >= 11 is 0. The lowest BCUT2D eigenvalue weighted by Crippen LogP contribution is -2.54. The maximum absolute atomic E-state index is 10.7. The van der Waals surface area contributed by atoms with E-state index < -0.39 is 0 Å². The van der Waals surface area contributed by atoms with Crippen LogP contribution in [-0.4, -0.2) is 28.1 Å². The van der Waals surface area contributed by atoms with Crippen molar-refractivity contribution < 1.29 is 9.84 Å². The van der Waals surface area contributed by atoms with Crippen LogP contribution in [-0.2, 0) is 12.8 Å². The van der Waals surface area contributed by atoms with E-state index in [1.807, 2.05) is 12.1 Å². The van der Waals surface area contributed by atoms with Gasteiger partial charge in [0.05, 0.1) is 24.6 Å². The fourth-order valence-electron chi connectivity index (χ4n) is 8.39. The van der Waals surface area contributed by atoms with Crippen molar-refractivity contribution in [3.63, 3.8) is 0 Å². The van der Waals surface area contributed by atoms with Crippen LogP contribution >= 0.6 is 0 Å². The van der Waals surface area contributed by atoms with Crippen molar-refractivity contribution >= 4 is 0 Å². The average Bonchev–Trinajstić information content (AvgIpc) is 3.31. The van der Waals surface area contributed by atoms with E-state index in [-0.39, 0.29) is 11.5 Å². The van der Waals surface area contributed by atoms with Gasteiger partial charge in [-0.25, -0.2) is 4.68 Å². The summed E-state index contributed by atoms with van der Waals surface area (Å²) in [7, 11) is 1.71. The Kier molecular flexibility index (Phi) is 4.38. The van der Waals surface area contributed by atoms with Crippen molar-refractivity contribution in [3.8, 4) is 11.4 Å². The molecule has 0 saturated heterocycles. The number of aromatic nitrogens is 2. The Morgan fingerprint density at radius 2 is 1.77 bits per heavy atom. The lowest BCUT2D eigenvalue weighted by Gasteiger charge is -2.59. The van der Waals surface area contributed by atoms with Crippen LogP contribution in [0.25, 0.3) is 5.69 Å². The molecule has 4 nitrogen and oxygen atoms in total. The molecule has 4 aliphatic carbocycles. The zero-order valence-electron chi connectivity index (χ0n) is 19.2. The second kappa shape index (κ2) is 6.84. The summed E-state index contributed by atoms with van der Waals surface area (Å²) in [6.07, 6.45) is 11.9. The highest BCUT2D eigenvalue weighted by Crippen LogP contribution is 2.65. The summed E-state index contributed by atoms with van der Waals surface area (Å²) in [6, 6.07) is 8.21. The summed E-state index contributed by atoms with van der Waals surface area (Å²) in [5.41, 5.74) is 4.42. The minimum atomic E-state index is -0.0790. The van der Waals surface area contributed by atoms with Gasteiger partial charge in [0.25, 0.3) is 0 Å². The predicted octanol–water partition coefficient (Wildman–Crippen LogP) is 5.20. The van der Waals surface area contributed by atoms with Crippen LogP contribution in [0.3, 0.4) is 0 Å². The molecule has 166 valence electrons. The molecule has 0 radical (unpaired) electrons. The van der Waals surface area contributed by atoms with Gasteiger partial charge in [-0.1, -0.05) is 13.8 Å². The SMILES string of the molecule is COc1ccc(-n2cc3c(n2)C[C@@H]2CC[C@@H]4[C@H](CC[C@]5(C)[C@@H](O)CC[C@@H]45)[C@@]2(C)C3)cc1. The molecular weight excluding hydrogens is 384 g/mol. The number of nitrogens with zero attached hydrogens (tertiary/aromatic N) is 2. The smallest absolute Gasteiger partial charge is 0.119 e. The molecule has 6 rings (SSSR count). The number of methoxy groups -OCH3 is 1. The van der Waals surface area contributed by atoms with Gasteiger partial charge >= 0.3 is 0 Å². The molecule has 4 heteroatoms. The molecular formula is C27H36N2O2. The Labute approximate surface area is 186 Å². The van der Waals surface area contributed by atoms with Gasteiger partial charge in [0.1, 0.15) is 5.75 Å². The van der Waals surface area contributed by atoms with Gasteiger partial charge in [-0.3, -0.25) is 0 Å². The predicted molar refractivity (Wildman–Crippen MR) is 121 cm³/mol. The molecule has 0 unspecified atom stereocenters. The fraction of sp³-hybridized carbons (Fsp3) is 0.667. The number of ether oxygens (including phenoxy) is 1. The number of rotatable bonds is 2. The van der Waals surface area contributed by atoms with E-state index in [4.69, 9.17) is 9.84 Å². The van der Waals surface area contributed by atoms with Crippen LogP contribution in [0.5, 0.6) is 5.75 Å². The van der Waals surface area contributed by atoms with Gasteiger partial charge in [0, 0.05) is 6.20 Å². The van der Waals surface area contributed by atoms with Crippen molar-refractivity contribution in [2.45, 2.75) is 71.3 Å². The summed E-state index contributed by atoms with van der Waals surface area (Å²) in [5.74, 6) is 3.95. The number of benzene rings is 1. The summed E-state index contributed by atoms with van der Waals surface area (Å²) < 4.78 is 7.39. The molecule has 0 spiro atoms. The van der Waals surface area contributed by atoms with Crippen molar-refractivity contribution in [2.24, 2.45) is 34.5 Å². The number of fused-ring (bicyclic) bond motifs is 6. The summed E-state index contributed by atoms with van der Waals surface area (Å²) in [5, 5.41) is 15.7. The van der Waals surface area contributed by atoms with E-state index in [0.29, 0.717) is 5.41 Å². The minimum Gasteiger partial charge on any atom is -0.497 e. The van der Waals surface area contributed by atoms with E-state index in [0.717, 1.165) is 54.4 Å². The van der Waals surface area contributed by atoms with Gasteiger partial charge in [-0.05, 0) is 116 Å². The van der Waals surface area contributed by atoms with E-state index in [1.54, 1.807) is 7.11 Å². The highest BCUT2D eigenvalue weighted by atomic mass is 16.5. The molecule has 3 saturated carbocycles. The molecule has 1 aromatic carbocycles. The minimum absolute atomic E-state index is 0.0790. The van der Waals surface area contributed by atoms with Crippen LogP contribution in [0.2, 0.25) is 0 Å². The standard InChI is InChI=1S/C27H36N2O2/c1-26-13-12-23-21(22(26)10-11-25(26)30)9-4-18-14-24-17(15-27(18,23)2)16-29(28-24)19-5-7-20(31-3)8-6-19/h5-8,16,18,21-23,25,30H,4,9-15H2,1-3H3/t18-,21-,22-,23-,25-,26-,27-/m0/s1.